The van der Waals surface area contributed by atoms with E-state index >= 15 is 0 Å². The van der Waals surface area contributed by atoms with Crippen molar-refractivity contribution >= 4 is 46.6 Å². The minimum absolute atomic E-state index is 0.200. The molecule has 0 radical (unpaired) electrons. The SMILES string of the molecule is CC[C@H](C(=O)NC)N(Cc1ccc(Cl)c(Cl)c1)C(=O)COc1ccc(Cl)cc1. The first-order valence-corrected chi connectivity index (χ1v) is 9.82. The highest BCUT2D eigenvalue weighted by Crippen LogP contribution is 2.24. The Bertz CT molecular complexity index is 828. The molecule has 0 aliphatic carbocycles. The van der Waals surface area contributed by atoms with Crippen LogP contribution in [-0.4, -0.2) is 36.4 Å². The predicted octanol–water partition coefficient (Wildman–Crippen LogP) is 4.58. The average molecular weight is 444 g/mol. The van der Waals surface area contributed by atoms with E-state index in [1.807, 2.05) is 6.92 Å². The van der Waals surface area contributed by atoms with Crippen molar-refractivity contribution in [1.29, 1.82) is 0 Å². The highest BCUT2D eigenvalue weighted by molar-refractivity contribution is 6.42. The molecule has 2 aromatic carbocycles. The molecule has 0 spiro atoms. The number of nitrogens with zero attached hydrogens (tertiary/aromatic N) is 1. The Morgan fingerprint density at radius 2 is 1.75 bits per heavy atom. The Morgan fingerprint density at radius 1 is 1.07 bits per heavy atom. The first kappa shape index (κ1) is 22.3. The molecule has 0 bridgehead atoms. The lowest BCUT2D eigenvalue weighted by Crippen LogP contribution is -2.49. The highest BCUT2D eigenvalue weighted by Gasteiger charge is 2.28. The van der Waals surface area contributed by atoms with Crippen LogP contribution in [0.5, 0.6) is 5.75 Å². The van der Waals surface area contributed by atoms with Crippen LogP contribution in [0.15, 0.2) is 42.5 Å². The Hall–Kier alpha value is -1.95. The van der Waals surface area contributed by atoms with E-state index in [2.05, 4.69) is 5.32 Å². The van der Waals surface area contributed by atoms with Gasteiger partial charge in [0.1, 0.15) is 11.8 Å². The monoisotopic (exact) mass is 442 g/mol. The summed E-state index contributed by atoms with van der Waals surface area (Å²) in [6.07, 6.45) is 0.452. The molecule has 0 unspecified atom stereocenters. The molecule has 8 heteroatoms. The summed E-state index contributed by atoms with van der Waals surface area (Å²) in [5, 5.41) is 3.99. The van der Waals surface area contributed by atoms with Crippen molar-refractivity contribution in [3.63, 3.8) is 0 Å². The first-order valence-electron chi connectivity index (χ1n) is 8.69. The molecular weight excluding hydrogens is 423 g/mol. The molecule has 0 aromatic heterocycles. The third-order valence-electron chi connectivity index (χ3n) is 4.15. The molecule has 5 nitrogen and oxygen atoms in total. The topological polar surface area (TPSA) is 58.6 Å². The molecule has 150 valence electrons. The highest BCUT2D eigenvalue weighted by atomic mass is 35.5. The van der Waals surface area contributed by atoms with Crippen LogP contribution in [-0.2, 0) is 16.1 Å². The summed E-state index contributed by atoms with van der Waals surface area (Å²) < 4.78 is 5.56. The zero-order chi connectivity index (χ0) is 20.7. The van der Waals surface area contributed by atoms with Gasteiger partial charge >= 0.3 is 0 Å². The number of nitrogens with one attached hydrogen (secondary N) is 1. The summed E-state index contributed by atoms with van der Waals surface area (Å²) >= 11 is 17.9. The lowest BCUT2D eigenvalue weighted by atomic mass is 10.1. The van der Waals surface area contributed by atoms with Crippen LogP contribution in [0.2, 0.25) is 15.1 Å². The fraction of sp³-hybridized carbons (Fsp3) is 0.300. The number of benzene rings is 2. The molecule has 2 amide bonds. The number of likely N-dealkylation sites (N-methyl/N-ethyl adjacent to an activating group) is 1. The summed E-state index contributed by atoms with van der Waals surface area (Å²) in [5.41, 5.74) is 0.761. The van der Waals surface area contributed by atoms with Gasteiger partial charge in [-0.15, -0.1) is 0 Å². The Balaban J connectivity index is 2.20. The van der Waals surface area contributed by atoms with E-state index in [-0.39, 0.29) is 25.0 Å². The maximum absolute atomic E-state index is 12.9. The van der Waals surface area contributed by atoms with E-state index in [0.29, 0.717) is 27.2 Å². The number of ether oxygens (including phenoxy) is 1. The van der Waals surface area contributed by atoms with Crippen molar-refractivity contribution in [2.75, 3.05) is 13.7 Å². The van der Waals surface area contributed by atoms with Crippen molar-refractivity contribution in [3.8, 4) is 5.75 Å². The Kier molecular flexibility index (Phi) is 8.42. The quantitative estimate of drug-likeness (QED) is 0.650. The van der Waals surface area contributed by atoms with E-state index in [4.69, 9.17) is 39.5 Å². The Labute approximate surface area is 179 Å². The maximum Gasteiger partial charge on any atom is 0.261 e. The minimum atomic E-state index is -0.638. The van der Waals surface area contributed by atoms with Gasteiger partial charge in [-0.05, 0) is 48.4 Å². The number of carbonyl (C=O) groups is 2. The van der Waals surface area contributed by atoms with Gasteiger partial charge in [-0.3, -0.25) is 9.59 Å². The van der Waals surface area contributed by atoms with Crippen molar-refractivity contribution in [1.82, 2.24) is 10.2 Å². The summed E-state index contributed by atoms with van der Waals surface area (Å²) in [6.45, 7) is 1.83. The molecule has 0 aliphatic heterocycles. The van der Waals surface area contributed by atoms with Gasteiger partial charge in [0, 0.05) is 18.6 Å². The molecule has 0 fully saturated rings. The number of carbonyl (C=O) groups excluding carboxylic acids is 2. The summed E-state index contributed by atoms with van der Waals surface area (Å²) in [7, 11) is 1.54. The second-order valence-electron chi connectivity index (χ2n) is 6.05. The Morgan fingerprint density at radius 3 is 2.32 bits per heavy atom. The number of rotatable bonds is 8. The van der Waals surface area contributed by atoms with Gasteiger partial charge in [0.2, 0.25) is 5.91 Å². The molecule has 0 saturated heterocycles. The number of hydrogen-bond donors (Lipinski definition) is 1. The molecule has 0 heterocycles. The van der Waals surface area contributed by atoms with Crippen LogP contribution in [0.25, 0.3) is 0 Å². The molecule has 1 N–H and O–H groups in total. The van der Waals surface area contributed by atoms with Crippen LogP contribution in [0.4, 0.5) is 0 Å². The third-order valence-corrected chi connectivity index (χ3v) is 5.14. The number of hydrogen-bond acceptors (Lipinski definition) is 3. The largest absolute Gasteiger partial charge is 0.484 e. The lowest BCUT2D eigenvalue weighted by Gasteiger charge is -2.30. The normalized spacial score (nSPS) is 11.6. The van der Waals surface area contributed by atoms with Crippen LogP contribution in [0, 0.1) is 0 Å². The number of amides is 2. The van der Waals surface area contributed by atoms with E-state index in [9.17, 15) is 9.59 Å². The first-order chi connectivity index (χ1) is 13.3. The van der Waals surface area contributed by atoms with Gasteiger partial charge in [0.15, 0.2) is 6.61 Å². The lowest BCUT2D eigenvalue weighted by molar-refractivity contribution is -0.142. The second kappa shape index (κ2) is 10.6. The van der Waals surface area contributed by atoms with Gasteiger partial charge in [-0.25, -0.2) is 0 Å². The van der Waals surface area contributed by atoms with E-state index in [0.717, 1.165) is 5.56 Å². The molecule has 28 heavy (non-hydrogen) atoms. The standard InChI is InChI=1S/C20H21Cl3N2O3/c1-3-18(20(27)24-2)25(11-13-4-9-16(22)17(23)10-13)19(26)12-28-15-7-5-14(21)6-8-15/h4-10,18H,3,11-12H2,1-2H3,(H,24,27)/t18-/m1/s1. The van der Waals surface area contributed by atoms with Gasteiger partial charge in [-0.2, -0.15) is 0 Å². The van der Waals surface area contributed by atoms with E-state index in [1.54, 1.807) is 42.5 Å². The van der Waals surface area contributed by atoms with Crippen LogP contribution in [0.3, 0.4) is 0 Å². The predicted molar refractivity (Wildman–Crippen MR) is 112 cm³/mol. The van der Waals surface area contributed by atoms with E-state index in [1.165, 1.54) is 11.9 Å². The van der Waals surface area contributed by atoms with Crippen LogP contribution >= 0.6 is 34.8 Å². The molecule has 1 atom stereocenters. The van der Waals surface area contributed by atoms with Crippen LogP contribution < -0.4 is 10.1 Å². The van der Waals surface area contributed by atoms with Crippen molar-refractivity contribution in [2.24, 2.45) is 0 Å². The molecule has 2 aromatic rings. The van der Waals surface area contributed by atoms with Gasteiger partial charge < -0.3 is 15.0 Å². The van der Waals surface area contributed by atoms with Gasteiger partial charge in [-0.1, -0.05) is 47.8 Å². The van der Waals surface area contributed by atoms with Crippen molar-refractivity contribution in [3.05, 3.63) is 63.1 Å². The fourth-order valence-electron chi connectivity index (χ4n) is 2.68. The fourth-order valence-corrected chi connectivity index (χ4v) is 3.13. The maximum atomic E-state index is 12.9. The minimum Gasteiger partial charge on any atom is -0.484 e. The molecule has 0 saturated carbocycles. The van der Waals surface area contributed by atoms with Crippen molar-refractivity contribution < 1.29 is 14.3 Å². The average Bonchev–Trinajstić information content (AvgIpc) is 2.69. The van der Waals surface area contributed by atoms with Gasteiger partial charge in [0.05, 0.1) is 10.0 Å². The van der Waals surface area contributed by atoms with Gasteiger partial charge in [0.25, 0.3) is 5.91 Å². The zero-order valence-electron chi connectivity index (χ0n) is 15.5. The second-order valence-corrected chi connectivity index (χ2v) is 7.30. The molecular formula is C20H21Cl3N2O3. The molecule has 0 aliphatic rings. The summed E-state index contributed by atoms with van der Waals surface area (Å²) in [4.78, 5) is 26.7. The van der Waals surface area contributed by atoms with E-state index < -0.39 is 6.04 Å². The smallest absolute Gasteiger partial charge is 0.261 e. The third kappa shape index (κ3) is 6.03. The zero-order valence-corrected chi connectivity index (χ0v) is 17.8. The van der Waals surface area contributed by atoms with Crippen molar-refractivity contribution in [2.45, 2.75) is 25.9 Å². The summed E-state index contributed by atoms with van der Waals surface area (Å²) in [5.74, 6) is -0.0564. The van der Waals surface area contributed by atoms with Crippen LogP contribution in [0.1, 0.15) is 18.9 Å². The summed E-state index contributed by atoms with van der Waals surface area (Å²) in [6, 6.07) is 11.2. The molecule has 2 rings (SSSR count). The number of halogens is 3.